The molecule has 4 rings (SSSR count). The number of benzene rings is 2. The summed E-state index contributed by atoms with van der Waals surface area (Å²) < 4.78 is 21.6. The Morgan fingerprint density at radius 3 is 2.46 bits per heavy atom. The smallest absolute Gasteiger partial charge is 0.328 e. The summed E-state index contributed by atoms with van der Waals surface area (Å²) in [6, 6.07) is 14.4. The molecule has 0 bridgehead atoms. The summed E-state index contributed by atoms with van der Waals surface area (Å²) in [5.41, 5.74) is 2.23. The van der Waals surface area contributed by atoms with Gasteiger partial charge in [-0.1, -0.05) is 18.2 Å². The molecule has 1 aromatic heterocycles. The molecule has 0 spiro atoms. The van der Waals surface area contributed by atoms with E-state index >= 15 is 0 Å². The van der Waals surface area contributed by atoms with Crippen LogP contribution in [0.3, 0.4) is 0 Å². The average molecular weight is 479 g/mol. The Morgan fingerprint density at radius 2 is 1.83 bits per heavy atom. The van der Waals surface area contributed by atoms with E-state index < -0.39 is 17.6 Å². The number of esters is 1. The quantitative estimate of drug-likeness (QED) is 0.493. The number of methoxy groups -OCH3 is 3. The number of carbonyl (C=O) groups is 2. The van der Waals surface area contributed by atoms with Crippen molar-refractivity contribution in [3.63, 3.8) is 0 Å². The van der Waals surface area contributed by atoms with Crippen molar-refractivity contribution < 1.29 is 28.5 Å². The summed E-state index contributed by atoms with van der Waals surface area (Å²) in [4.78, 5) is 30.1. The molecule has 1 fully saturated rings. The van der Waals surface area contributed by atoms with Gasteiger partial charge in [0.15, 0.2) is 0 Å². The first-order chi connectivity index (χ1) is 16.9. The molecule has 0 radical (unpaired) electrons. The van der Waals surface area contributed by atoms with E-state index in [1.807, 2.05) is 48.5 Å². The number of aromatic nitrogens is 1. The second kappa shape index (κ2) is 10.3. The number of amides is 1. The Bertz CT molecular complexity index is 1210. The van der Waals surface area contributed by atoms with Gasteiger partial charge in [0.05, 0.1) is 38.1 Å². The zero-order chi connectivity index (χ0) is 25.0. The fourth-order valence-corrected chi connectivity index (χ4v) is 4.39. The Labute approximate surface area is 204 Å². The summed E-state index contributed by atoms with van der Waals surface area (Å²) in [5, 5.41) is 3.72. The summed E-state index contributed by atoms with van der Waals surface area (Å²) >= 11 is 0. The normalized spacial score (nSPS) is 18.2. The third kappa shape index (κ3) is 5.07. The summed E-state index contributed by atoms with van der Waals surface area (Å²) in [6.07, 6.45) is 1.72. The van der Waals surface area contributed by atoms with Gasteiger partial charge in [0.25, 0.3) is 5.91 Å². The lowest BCUT2D eigenvalue weighted by molar-refractivity contribution is -0.149. The number of rotatable bonds is 8. The number of hydrogen-bond acceptors (Lipinski definition) is 7. The minimum absolute atomic E-state index is 0.284. The largest absolute Gasteiger partial charge is 0.496 e. The fraction of sp³-hybridized carbons (Fsp3) is 0.370. The molecule has 1 aliphatic rings. The molecule has 1 N–H and O–H groups in total. The minimum Gasteiger partial charge on any atom is -0.496 e. The zero-order valence-electron chi connectivity index (χ0n) is 20.4. The molecule has 1 saturated heterocycles. The molecule has 2 heterocycles. The summed E-state index contributed by atoms with van der Waals surface area (Å²) in [6.45, 7) is 2.28. The predicted octanol–water partition coefficient (Wildman–Crippen LogP) is 3.69. The highest BCUT2D eigenvalue weighted by molar-refractivity contribution is 5.90. The van der Waals surface area contributed by atoms with Crippen molar-refractivity contribution in [2.45, 2.75) is 37.8 Å². The van der Waals surface area contributed by atoms with E-state index in [4.69, 9.17) is 23.9 Å². The van der Waals surface area contributed by atoms with Crippen LogP contribution in [0.4, 0.5) is 0 Å². The van der Waals surface area contributed by atoms with Crippen LogP contribution in [0, 0.1) is 0 Å². The SMILES string of the molecule is COC(=O)[C@@H](Cc1ccc2nc(-c3c(OC)cccc3OC)ccc2c1)NC(=O)[C@@]1(C)CCCO1. The van der Waals surface area contributed by atoms with Gasteiger partial charge in [0.2, 0.25) is 0 Å². The molecule has 1 amide bonds. The molecular weight excluding hydrogens is 448 g/mol. The number of ether oxygens (including phenoxy) is 4. The number of pyridine rings is 1. The maximum absolute atomic E-state index is 12.8. The molecule has 1 aliphatic heterocycles. The molecule has 3 aromatic rings. The van der Waals surface area contributed by atoms with Crippen LogP contribution in [0.15, 0.2) is 48.5 Å². The van der Waals surface area contributed by atoms with Crippen molar-refractivity contribution in [1.82, 2.24) is 10.3 Å². The Hall–Kier alpha value is -3.65. The van der Waals surface area contributed by atoms with Gasteiger partial charge in [-0.2, -0.15) is 0 Å². The number of carbonyl (C=O) groups excluding carboxylic acids is 2. The third-order valence-electron chi connectivity index (χ3n) is 6.37. The van der Waals surface area contributed by atoms with Crippen LogP contribution < -0.4 is 14.8 Å². The first-order valence-electron chi connectivity index (χ1n) is 11.5. The Morgan fingerprint density at radius 1 is 1.09 bits per heavy atom. The fourth-order valence-electron chi connectivity index (χ4n) is 4.39. The molecule has 0 aliphatic carbocycles. The molecule has 8 nitrogen and oxygen atoms in total. The summed E-state index contributed by atoms with van der Waals surface area (Å²) in [5.74, 6) is 0.536. The van der Waals surface area contributed by atoms with Crippen LogP contribution in [-0.4, -0.2) is 56.4 Å². The van der Waals surface area contributed by atoms with E-state index in [-0.39, 0.29) is 12.3 Å². The number of hydrogen-bond donors (Lipinski definition) is 1. The lowest BCUT2D eigenvalue weighted by Crippen LogP contribution is -2.51. The molecule has 8 heteroatoms. The van der Waals surface area contributed by atoms with Crippen LogP contribution in [0.25, 0.3) is 22.2 Å². The Balaban J connectivity index is 1.60. The van der Waals surface area contributed by atoms with Gasteiger partial charge in [-0.15, -0.1) is 0 Å². The second-order valence-electron chi connectivity index (χ2n) is 8.70. The van der Waals surface area contributed by atoms with Crippen molar-refractivity contribution in [3.8, 4) is 22.8 Å². The van der Waals surface area contributed by atoms with Gasteiger partial charge < -0.3 is 24.3 Å². The van der Waals surface area contributed by atoms with E-state index in [1.165, 1.54) is 7.11 Å². The van der Waals surface area contributed by atoms with Gasteiger partial charge in [0.1, 0.15) is 23.1 Å². The number of fused-ring (bicyclic) bond motifs is 1. The van der Waals surface area contributed by atoms with Crippen molar-refractivity contribution >= 4 is 22.8 Å². The van der Waals surface area contributed by atoms with E-state index in [1.54, 1.807) is 21.1 Å². The lowest BCUT2D eigenvalue weighted by Gasteiger charge is -2.25. The predicted molar refractivity (Wildman–Crippen MR) is 132 cm³/mol. The monoisotopic (exact) mass is 478 g/mol. The molecule has 0 saturated carbocycles. The molecule has 0 unspecified atom stereocenters. The molecule has 2 atom stereocenters. The van der Waals surface area contributed by atoms with Gasteiger partial charge in [-0.05, 0) is 55.7 Å². The highest BCUT2D eigenvalue weighted by Crippen LogP contribution is 2.37. The van der Waals surface area contributed by atoms with Crippen molar-refractivity contribution in [3.05, 3.63) is 54.1 Å². The first kappa shape index (κ1) is 24.5. The Kier molecular flexibility index (Phi) is 7.21. The first-order valence-corrected chi connectivity index (χ1v) is 11.5. The molecule has 35 heavy (non-hydrogen) atoms. The highest BCUT2D eigenvalue weighted by Gasteiger charge is 2.39. The van der Waals surface area contributed by atoms with Crippen molar-refractivity contribution in [2.75, 3.05) is 27.9 Å². The lowest BCUT2D eigenvalue weighted by atomic mass is 9.99. The molecule has 184 valence electrons. The van der Waals surface area contributed by atoms with Crippen LogP contribution in [0.2, 0.25) is 0 Å². The van der Waals surface area contributed by atoms with Gasteiger partial charge in [-0.25, -0.2) is 9.78 Å². The van der Waals surface area contributed by atoms with Gasteiger partial charge >= 0.3 is 5.97 Å². The average Bonchev–Trinajstić information content (AvgIpc) is 3.34. The zero-order valence-corrected chi connectivity index (χ0v) is 20.4. The third-order valence-corrected chi connectivity index (χ3v) is 6.37. The van der Waals surface area contributed by atoms with E-state index in [0.717, 1.165) is 34.1 Å². The van der Waals surface area contributed by atoms with Crippen LogP contribution in [0.1, 0.15) is 25.3 Å². The standard InChI is InChI=1S/C27H30N2O6/c1-27(13-6-14-35-27)26(31)29-21(25(30)34-4)16-17-9-11-19-18(15-17)10-12-20(28-19)24-22(32-2)7-5-8-23(24)33-3/h5,7-12,15,21H,6,13-14,16H2,1-4H3,(H,29,31)/t21-,27-/m1/s1. The van der Waals surface area contributed by atoms with Crippen molar-refractivity contribution in [2.24, 2.45) is 0 Å². The van der Waals surface area contributed by atoms with Crippen LogP contribution in [0.5, 0.6) is 11.5 Å². The minimum atomic E-state index is -0.921. The molecular formula is C27H30N2O6. The topological polar surface area (TPSA) is 96.0 Å². The van der Waals surface area contributed by atoms with Gasteiger partial charge in [0, 0.05) is 18.4 Å². The summed E-state index contributed by atoms with van der Waals surface area (Å²) in [7, 11) is 4.54. The van der Waals surface area contributed by atoms with Crippen molar-refractivity contribution in [1.29, 1.82) is 0 Å². The van der Waals surface area contributed by atoms with Gasteiger partial charge in [-0.3, -0.25) is 4.79 Å². The number of nitrogens with one attached hydrogen (secondary N) is 1. The van der Waals surface area contributed by atoms with Crippen LogP contribution >= 0.6 is 0 Å². The number of nitrogens with zero attached hydrogens (tertiary/aromatic N) is 1. The highest BCUT2D eigenvalue weighted by atomic mass is 16.5. The van der Waals surface area contributed by atoms with Crippen LogP contribution in [-0.2, 0) is 25.5 Å². The van der Waals surface area contributed by atoms with E-state index in [0.29, 0.717) is 24.5 Å². The maximum Gasteiger partial charge on any atom is 0.328 e. The van der Waals surface area contributed by atoms with E-state index in [9.17, 15) is 9.59 Å². The van der Waals surface area contributed by atoms with E-state index in [2.05, 4.69) is 5.32 Å². The maximum atomic E-state index is 12.8. The molecule has 2 aromatic carbocycles. The second-order valence-corrected chi connectivity index (χ2v) is 8.70.